The molecule has 1 aliphatic rings. The monoisotopic (exact) mass is 350 g/mol. The molecule has 2 aromatic rings. The van der Waals surface area contributed by atoms with E-state index in [4.69, 9.17) is 9.26 Å². The number of aromatic nitrogens is 4. The zero-order chi connectivity index (χ0) is 18.2. The number of H-pyrrole nitrogens is 1. The molecule has 1 saturated carbocycles. The lowest BCUT2D eigenvalue weighted by atomic mass is 9.76. The number of nitrogens with one attached hydrogen (secondary N) is 2. The van der Waals surface area contributed by atoms with Crippen molar-refractivity contribution in [3.8, 4) is 11.6 Å². The predicted molar refractivity (Wildman–Crippen MR) is 83.4 cm³/mol. The van der Waals surface area contributed by atoms with Gasteiger partial charge in [-0.05, 0) is 45.0 Å². The molecule has 0 aliphatic heterocycles. The van der Waals surface area contributed by atoms with Crippen LogP contribution in [0.15, 0.2) is 10.6 Å². The molecule has 1 fully saturated rings. The van der Waals surface area contributed by atoms with Gasteiger partial charge in [0.25, 0.3) is 5.89 Å². The highest BCUT2D eigenvalue weighted by molar-refractivity contribution is 5.69. The van der Waals surface area contributed by atoms with Gasteiger partial charge >= 0.3 is 11.9 Å². The van der Waals surface area contributed by atoms with E-state index in [9.17, 15) is 14.9 Å². The molecule has 1 amide bonds. The normalized spacial score (nSPS) is 16.1. The number of alkyl carbamates (subject to hydrolysis) is 1. The number of nitro groups is 1. The summed E-state index contributed by atoms with van der Waals surface area (Å²) in [4.78, 5) is 26.4. The summed E-state index contributed by atoms with van der Waals surface area (Å²) < 4.78 is 10.4. The molecule has 0 spiro atoms. The summed E-state index contributed by atoms with van der Waals surface area (Å²) in [5.41, 5.74) is -1.21. The van der Waals surface area contributed by atoms with Crippen molar-refractivity contribution in [3.05, 3.63) is 22.0 Å². The largest absolute Gasteiger partial charge is 0.444 e. The predicted octanol–water partition coefficient (Wildman–Crippen LogP) is 2.27. The fourth-order valence-electron chi connectivity index (χ4n) is 2.47. The van der Waals surface area contributed by atoms with Gasteiger partial charge in [0.05, 0.1) is 6.07 Å². The molecule has 3 rings (SSSR count). The first kappa shape index (κ1) is 16.9. The summed E-state index contributed by atoms with van der Waals surface area (Å²) in [6.07, 6.45) is 1.62. The van der Waals surface area contributed by atoms with Gasteiger partial charge < -0.3 is 24.7 Å². The van der Waals surface area contributed by atoms with Crippen molar-refractivity contribution in [1.82, 2.24) is 25.7 Å². The molecule has 0 bridgehead atoms. The van der Waals surface area contributed by atoms with Gasteiger partial charge in [0.15, 0.2) is 11.5 Å². The number of carbonyl (C=O) groups is 1. The number of aromatic amines is 1. The third-order valence-electron chi connectivity index (χ3n) is 3.78. The zero-order valence-electron chi connectivity index (χ0n) is 14.0. The lowest BCUT2D eigenvalue weighted by molar-refractivity contribution is -0.389. The first-order chi connectivity index (χ1) is 11.7. The van der Waals surface area contributed by atoms with Crippen LogP contribution in [0.1, 0.15) is 45.9 Å². The van der Waals surface area contributed by atoms with Gasteiger partial charge in [0, 0.05) is 0 Å². The first-order valence-corrected chi connectivity index (χ1v) is 7.74. The molecule has 0 atom stereocenters. The summed E-state index contributed by atoms with van der Waals surface area (Å²) in [5.74, 6) is 0.0573. The second kappa shape index (κ2) is 5.83. The first-order valence-electron chi connectivity index (χ1n) is 7.74. The van der Waals surface area contributed by atoms with Gasteiger partial charge in [0.1, 0.15) is 11.1 Å². The van der Waals surface area contributed by atoms with E-state index >= 15 is 0 Å². The van der Waals surface area contributed by atoms with Crippen LogP contribution in [0.2, 0.25) is 0 Å². The van der Waals surface area contributed by atoms with Gasteiger partial charge in [-0.15, -0.1) is 5.10 Å². The molecular formula is C14H18N6O5. The average Bonchev–Trinajstić information content (AvgIpc) is 3.09. The van der Waals surface area contributed by atoms with Crippen LogP contribution in [0.25, 0.3) is 11.6 Å². The third kappa shape index (κ3) is 3.44. The van der Waals surface area contributed by atoms with E-state index in [1.807, 2.05) is 0 Å². The van der Waals surface area contributed by atoms with Gasteiger partial charge in [0.2, 0.25) is 0 Å². The van der Waals surface area contributed by atoms with Gasteiger partial charge in [-0.1, -0.05) is 10.3 Å². The molecule has 134 valence electrons. The van der Waals surface area contributed by atoms with E-state index in [1.54, 1.807) is 20.8 Å². The topological polar surface area (TPSA) is 149 Å². The molecule has 0 aromatic carbocycles. The van der Waals surface area contributed by atoms with Crippen LogP contribution in [-0.2, 0) is 10.3 Å². The van der Waals surface area contributed by atoms with Crippen molar-refractivity contribution in [2.45, 2.75) is 51.2 Å². The van der Waals surface area contributed by atoms with E-state index < -0.39 is 22.2 Å². The van der Waals surface area contributed by atoms with E-state index in [2.05, 4.69) is 25.7 Å². The lowest BCUT2D eigenvalue weighted by Crippen LogP contribution is -2.52. The van der Waals surface area contributed by atoms with Crippen LogP contribution < -0.4 is 5.32 Å². The maximum atomic E-state index is 12.1. The molecule has 25 heavy (non-hydrogen) atoms. The number of carbonyl (C=O) groups excluding carboxylic acids is 1. The summed E-state index contributed by atoms with van der Waals surface area (Å²) >= 11 is 0. The number of ether oxygens (including phenoxy) is 1. The van der Waals surface area contributed by atoms with E-state index in [1.165, 1.54) is 6.07 Å². The van der Waals surface area contributed by atoms with Crippen LogP contribution in [0.3, 0.4) is 0 Å². The van der Waals surface area contributed by atoms with Crippen molar-refractivity contribution in [2.75, 3.05) is 0 Å². The van der Waals surface area contributed by atoms with Crippen molar-refractivity contribution in [2.24, 2.45) is 0 Å². The van der Waals surface area contributed by atoms with Crippen LogP contribution in [0, 0.1) is 10.1 Å². The van der Waals surface area contributed by atoms with Crippen LogP contribution in [0.4, 0.5) is 10.6 Å². The second-order valence-corrected chi connectivity index (χ2v) is 6.88. The Bertz CT molecular complexity index is 801. The van der Waals surface area contributed by atoms with E-state index in [0.29, 0.717) is 18.7 Å². The minimum absolute atomic E-state index is 0.0385. The highest BCUT2D eigenvalue weighted by Crippen LogP contribution is 2.40. The zero-order valence-corrected chi connectivity index (χ0v) is 14.0. The Morgan fingerprint density at radius 3 is 2.72 bits per heavy atom. The summed E-state index contributed by atoms with van der Waals surface area (Å²) in [7, 11) is 0. The Morgan fingerprint density at radius 1 is 1.48 bits per heavy atom. The number of nitrogens with zero attached hydrogens (tertiary/aromatic N) is 4. The Hall–Kier alpha value is -2.98. The van der Waals surface area contributed by atoms with E-state index in [-0.39, 0.29) is 17.4 Å². The fourth-order valence-corrected chi connectivity index (χ4v) is 2.47. The Labute approximate surface area is 142 Å². The highest BCUT2D eigenvalue weighted by atomic mass is 16.6. The fraction of sp³-hybridized carbons (Fsp3) is 0.571. The summed E-state index contributed by atoms with van der Waals surface area (Å²) in [5, 5.41) is 23.5. The molecule has 11 heteroatoms. The highest BCUT2D eigenvalue weighted by Gasteiger charge is 2.45. The molecule has 2 heterocycles. The molecule has 2 N–H and O–H groups in total. The second-order valence-electron chi connectivity index (χ2n) is 6.88. The molecule has 0 saturated heterocycles. The lowest BCUT2D eigenvalue weighted by Gasteiger charge is -2.39. The van der Waals surface area contributed by atoms with Gasteiger partial charge in [-0.2, -0.15) is 4.98 Å². The third-order valence-corrected chi connectivity index (χ3v) is 3.78. The quantitative estimate of drug-likeness (QED) is 0.630. The molecular weight excluding hydrogens is 332 g/mol. The maximum absolute atomic E-state index is 12.1. The summed E-state index contributed by atoms with van der Waals surface area (Å²) in [6, 6.07) is 1.20. The number of rotatable bonds is 4. The minimum atomic E-state index is -0.758. The van der Waals surface area contributed by atoms with Gasteiger partial charge in [-0.3, -0.25) is 0 Å². The molecule has 1 aliphatic carbocycles. The smallest absolute Gasteiger partial charge is 0.408 e. The van der Waals surface area contributed by atoms with E-state index in [0.717, 1.165) is 6.42 Å². The molecule has 2 aromatic heterocycles. The van der Waals surface area contributed by atoms with Crippen molar-refractivity contribution < 1.29 is 19.0 Å². The maximum Gasteiger partial charge on any atom is 0.408 e. The Morgan fingerprint density at radius 2 is 2.20 bits per heavy atom. The summed E-state index contributed by atoms with van der Waals surface area (Å²) in [6.45, 7) is 5.32. The SMILES string of the molecule is CC(C)(C)OC(=O)NC1(c2noc(-c3cc([N+](=O)[O-])[nH]n3)n2)CCC1. The average molecular weight is 350 g/mol. The van der Waals surface area contributed by atoms with Crippen LogP contribution in [0.5, 0.6) is 0 Å². The van der Waals surface area contributed by atoms with Crippen molar-refractivity contribution in [3.63, 3.8) is 0 Å². The molecule has 0 unspecified atom stereocenters. The Balaban J connectivity index is 1.79. The van der Waals surface area contributed by atoms with Crippen molar-refractivity contribution in [1.29, 1.82) is 0 Å². The van der Waals surface area contributed by atoms with Crippen LogP contribution in [-0.4, -0.2) is 37.0 Å². The number of hydrogen-bond acceptors (Lipinski definition) is 8. The molecule has 11 nitrogen and oxygen atoms in total. The Kier molecular flexibility index (Phi) is 3.93. The number of hydrogen-bond donors (Lipinski definition) is 2. The number of amides is 1. The van der Waals surface area contributed by atoms with Crippen LogP contribution >= 0.6 is 0 Å². The molecule has 0 radical (unpaired) electrons. The van der Waals surface area contributed by atoms with Gasteiger partial charge in [-0.25, -0.2) is 4.79 Å². The van der Waals surface area contributed by atoms with Crippen molar-refractivity contribution >= 4 is 11.9 Å². The standard InChI is InChI=1S/C14H18N6O5/c1-13(2,3)24-12(21)16-14(5-4-6-14)11-15-10(25-19-11)8-7-9(18-17-8)20(22)23/h7H,4-6H2,1-3H3,(H,16,21)(H,17,18). The minimum Gasteiger partial charge on any atom is -0.444 e.